The third kappa shape index (κ3) is 4.50. The standard InChI is InChI=1S/C48H32N2/c1-2-14-33(15-3-1)34-16-10-17-35(30-34)36-18-11-19-37(31-36)38-20-12-21-39(32-38)49-45-27-9-6-24-42(45)48-46(49)28-13-29-47(48)50-43-25-7-4-22-40(43)41-23-5-8-26-44(41)50/h1-32H. The lowest BCUT2D eigenvalue weighted by Crippen LogP contribution is -1.97. The molecule has 0 N–H and O–H groups in total. The molecule has 0 radical (unpaired) electrons. The van der Waals surface area contributed by atoms with Crippen molar-refractivity contribution in [1.82, 2.24) is 9.13 Å². The van der Waals surface area contributed by atoms with Crippen LogP contribution < -0.4 is 0 Å². The molecule has 2 nitrogen and oxygen atoms in total. The molecule has 0 saturated carbocycles. The number of para-hydroxylation sites is 3. The van der Waals surface area contributed by atoms with Gasteiger partial charge < -0.3 is 9.13 Å². The van der Waals surface area contributed by atoms with Gasteiger partial charge in [-0.25, -0.2) is 0 Å². The molecule has 0 aliphatic rings. The number of benzene rings is 8. The molecule has 0 fully saturated rings. The highest BCUT2D eigenvalue weighted by Crippen LogP contribution is 2.40. The van der Waals surface area contributed by atoms with Crippen molar-refractivity contribution >= 4 is 43.6 Å². The van der Waals surface area contributed by atoms with Crippen molar-refractivity contribution < 1.29 is 0 Å². The van der Waals surface area contributed by atoms with Crippen molar-refractivity contribution in [3.8, 4) is 44.8 Å². The topological polar surface area (TPSA) is 9.86 Å². The van der Waals surface area contributed by atoms with Gasteiger partial charge in [0.1, 0.15) is 0 Å². The lowest BCUT2D eigenvalue weighted by atomic mass is 9.96. The Labute approximate surface area is 290 Å². The molecular weight excluding hydrogens is 605 g/mol. The molecular formula is C48H32N2. The monoisotopic (exact) mass is 636 g/mol. The highest BCUT2D eigenvalue weighted by atomic mass is 15.0. The molecule has 0 atom stereocenters. The molecule has 2 heteroatoms. The van der Waals surface area contributed by atoms with Gasteiger partial charge in [-0.15, -0.1) is 0 Å². The van der Waals surface area contributed by atoms with Crippen LogP contribution in [0.5, 0.6) is 0 Å². The molecule has 2 heterocycles. The van der Waals surface area contributed by atoms with Gasteiger partial charge in [0.25, 0.3) is 0 Å². The third-order valence-corrected chi connectivity index (χ3v) is 10.1. The molecule has 10 aromatic rings. The summed E-state index contributed by atoms with van der Waals surface area (Å²) in [6.07, 6.45) is 0. The van der Waals surface area contributed by atoms with E-state index in [-0.39, 0.29) is 0 Å². The fraction of sp³-hybridized carbons (Fsp3) is 0. The lowest BCUT2D eigenvalue weighted by molar-refractivity contribution is 1.17. The van der Waals surface area contributed by atoms with Crippen LogP contribution in [0, 0.1) is 0 Å². The van der Waals surface area contributed by atoms with Crippen molar-refractivity contribution in [2.24, 2.45) is 0 Å². The number of aromatic nitrogens is 2. The summed E-state index contributed by atoms with van der Waals surface area (Å²) in [6.45, 7) is 0. The van der Waals surface area contributed by atoms with E-state index in [9.17, 15) is 0 Å². The van der Waals surface area contributed by atoms with Crippen LogP contribution in [-0.4, -0.2) is 9.13 Å². The van der Waals surface area contributed by atoms with Crippen molar-refractivity contribution in [3.05, 3.63) is 194 Å². The van der Waals surface area contributed by atoms with Crippen LogP contribution in [0.1, 0.15) is 0 Å². The maximum atomic E-state index is 2.44. The van der Waals surface area contributed by atoms with Gasteiger partial charge in [-0.2, -0.15) is 0 Å². The Hall–Kier alpha value is -6.64. The Balaban J connectivity index is 1.13. The SMILES string of the molecule is c1ccc(-c2cccc(-c3cccc(-c4cccc(-n5c6ccccc6c6c(-n7c8ccccc8c8ccccc87)cccc65)c4)c3)c2)cc1. The summed E-state index contributed by atoms with van der Waals surface area (Å²) in [6, 6.07) is 70.4. The third-order valence-electron chi connectivity index (χ3n) is 10.1. The van der Waals surface area contributed by atoms with E-state index in [1.165, 1.54) is 82.7 Å². The van der Waals surface area contributed by atoms with Gasteiger partial charge in [-0.1, -0.05) is 140 Å². The average molecular weight is 637 g/mol. The molecule has 10 rings (SSSR count). The minimum Gasteiger partial charge on any atom is -0.309 e. The van der Waals surface area contributed by atoms with Crippen LogP contribution in [0.25, 0.3) is 88.4 Å². The van der Waals surface area contributed by atoms with E-state index < -0.39 is 0 Å². The van der Waals surface area contributed by atoms with Gasteiger partial charge in [-0.3, -0.25) is 0 Å². The molecule has 0 saturated heterocycles. The van der Waals surface area contributed by atoms with Crippen molar-refractivity contribution in [3.63, 3.8) is 0 Å². The Morgan fingerprint density at radius 2 is 0.680 bits per heavy atom. The van der Waals surface area contributed by atoms with E-state index in [0.29, 0.717) is 0 Å². The molecule has 0 unspecified atom stereocenters. The minimum absolute atomic E-state index is 1.14. The fourth-order valence-corrected chi connectivity index (χ4v) is 7.86. The summed E-state index contributed by atoms with van der Waals surface area (Å²) in [4.78, 5) is 0. The second kappa shape index (κ2) is 11.5. The molecule has 0 aliphatic carbocycles. The van der Waals surface area contributed by atoms with Gasteiger partial charge in [0.15, 0.2) is 0 Å². The Kier molecular flexibility index (Phi) is 6.53. The van der Waals surface area contributed by atoms with Gasteiger partial charge >= 0.3 is 0 Å². The van der Waals surface area contributed by atoms with Gasteiger partial charge in [0.05, 0.1) is 27.8 Å². The first kappa shape index (κ1) is 28.4. The van der Waals surface area contributed by atoms with Crippen LogP contribution in [0.2, 0.25) is 0 Å². The Bertz CT molecular complexity index is 2820. The van der Waals surface area contributed by atoms with Crippen LogP contribution >= 0.6 is 0 Å². The molecule has 0 bridgehead atoms. The van der Waals surface area contributed by atoms with Crippen LogP contribution in [0.4, 0.5) is 0 Å². The van der Waals surface area contributed by atoms with Crippen LogP contribution in [-0.2, 0) is 0 Å². The second-order valence-electron chi connectivity index (χ2n) is 13.0. The quantitative estimate of drug-likeness (QED) is 0.178. The largest absolute Gasteiger partial charge is 0.309 e. The summed E-state index contributed by atoms with van der Waals surface area (Å²) in [5.41, 5.74) is 14.4. The molecule has 234 valence electrons. The van der Waals surface area contributed by atoms with E-state index in [1.54, 1.807) is 0 Å². The van der Waals surface area contributed by atoms with Crippen molar-refractivity contribution in [2.75, 3.05) is 0 Å². The summed E-state index contributed by atoms with van der Waals surface area (Å²) >= 11 is 0. The van der Waals surface area contributed by atoms with Crippen molar-refractivity contribution in [2.45, 2.75) is 0 Å². The molecule has 0 spiro atoms. The number of hydrogen-bond donors (Lipinski definition) is 0. The molecule has 50 heavy (non-hydrogen) atoms. The van der Waals surface area contributed by atoms with E-state index >= 15 is 0 Å². The average Bonchev–Trinajstić information content (AvgIpc) is 3.72. The van der Waals surface area contributed by atoms with Gasteiger partial charge in [-0.05, 0) is 88.0 Å². The van der Waals surface area contributed by atoms with Crippen molar-refractivity contribution in [1.29, 1.82) is 0 Å². The van der Waals surface area contributed by atoms with Crippen LogP contribution in [0.15, 0.2) is 194 Å². The van der Waals surface area contributed by atoms with Crippen LogP contribution in [0.3, 0.4) is 0 Å². The highest BCUT2D eigenvalue weighted by Gasteiger charge is 2.19. The predicted molar refractivity (Wildman–Crippen MR) is 211 cm³/mol. The summed E-state index contributed by atoms with van der Waals surface area (Å²) in [5.74, 6) is 0. The number of nitrogens with zero attached hydrogens (tertiary/aromatic N) is 2. The summed E-state index contributed by atoms with van der Waals surface area (Å²) in [5, 5.41) is 5.03. The number of rotatable bonds is 5. The normalized spacial score (nSPS) is 11.6. The molecule has 2 aromatic heterocycles. The minimum atomic E-state index is 1.14. The second-order valence-corrected chi connectivity index (χ2v) is 13.0. The maximum absolute atomic E-state index is 2.44. The first-order chi connectivity index (χ1) is 24.8. The number of fused-ring (bicyclic) bond motifs is 6. The Morgan fingerprint density at radius 3 is 1.30 bits per heavy atom. The molecule has 0 amide bonds. The summed E-state index contributed by atoms with van der Waals surface area (Å²) in [7, 11) is 0. The Morgan fingerprint density at radius 1 is 0.260 bits per heavy atom. The van der Waals surface area contributed by atoms with E-state index in [4.69, 9.17) is 0 Å². The highest BCUT2D eigenvalue weighted by molar-refractivity contribution is 6.16. The first-order valence-electron chi connectivity index (χ1n) is 17.2. The number of hydrogen-bond acceptors (Lipinski definition) is 0. The zero-order valence-electron chi connectivity index (χ0n) is 27.4. The first-order valence-corrected chi connectivity index (χ1v) is 17.2. The van der Waals surface area contributed by atoms with Gasteiger partial charge in [0, 0.05) is 27.2 Å². The molecule has 0 aliphatic heterocycles. The smallest absolute Gasteiger partial charge is 0.0562 e. The van der Waals surface area contributed by atoms with E-state index in [1.807, 2.05) is 0 Å². The predicted octanol–water partition coefficient (Wildman–Crippen LogP) is 12.9. The zero-order chi connectivity index (χ0) is 33.0. The van der Waals surface area contributed by atoms with E-state index in [0.717, 1.165) is 5.69 Å². The van der Waals surface area contributed by atoms with Gasteiger partial charge in [0.2, 0.25) is 0 Å². The fourth-order valence-electron chi connectivity index (χ4n) is 7.86. The molecule has 8 aromatic carbocycles. The summed E-state index contributed by atoms with van der Waals surface area (Å²) < 4.78 is 4.87. The zero-order valence-corrected chi connectivity index (χ0v) is 27.4. The lowest BCUT2D eigenvalue weighted by Gasteiger charge is -2.13. The maximum Gasteiger partial charge on any atom is 0.0562 e. The van der Waals surface area contributed by atoms with E-state index in [2.05, 4.69) is 203 Å².